The van der Waals surface area contributed by atoms with Gasteiger partial charge in [0.2, 0.25) is 0 Å². The van der Waals surface area contributed by atoms with Gasteiger partial charge in [-0.05, 0) is 19.1 Å². The Morgan fingerprint density at radius 3 is 2.67 bits per heavy atom. The molecule has 18 heavy (non-hydrogen) atoms. The Labute approximate surface area is 116 Å². The number of nitrogens with one attached hydrogen (secondary N) is 1. The van der Waals surface area contributed by atoms with Gasteiger partial charge >= 0.3 is 0 Å². The van der Waals surface area contributed by atoms with Gasteiger partial charge in [0.05, 0.1) is 5.69 Å². The van der Waals surface area contributed by atoms with E-state index in [4.69, 9.17) is 0 Å². The van der Waals surface area contributed by atoms with E-state index in [1.165, 1.54) is 0 Å². The molecule has 0 aliphatic carbocycles. The zero-order valence-corrected chi connectivity index (χ0v) is 12.4. The average Bonchev–Trinajstić information content (AvgIpc) is 2.39. The minimum Gasteiger partial charge on any atom is -0.373 e. The predicted octanol–water partition coefficient (Wildman–Crippen LogP) is 3.82. The number of aromatic nitrogens is 2. The molecule has 0 spiro atoms. The van der Waals surface area contributed by atoms with Gasteiger partial charge < -0.3 is 5.32 Å². The number of halogens is 1. The summed E-state index contributed by atoms with van der Waals surface area (Å²) in [6.45, 7) is 4.11. The first-order valence-corrected chi connectivity index (χ1v) is 6.76. The van der Waals surface area contributed by atoms with Gasteiger partial charge in [-0.1, -0.05) is 35.0 Å². The Hall–Kier alpha value is -1.42. The summed E-state index contributed by atoms with van der Waals surface area (Å²) in [6, 6.07) is 8.18. The number of rotatable bonds is 3. The first kappa shape index (κ1) is 13.0. The van der Waals surface area contributed by atoms with Crippen LogP contribution in [0, 0.1) is 6.92 Å². The zero-order chi connectivity index (χ0) is 13.1. The predicted molar refractivity (Wildman–Crippen MR) is 78.8 cm³/mol. The van der Waals surface area contributed by atoms with Crippen LogP contribution in [0.15, 0.2) is 28.7 Å². The Bertz CT molecular complexity index is 567. The molecule has 1 N–H and O–H groups in total. The van der Waals surface area contributed by atoms with Gasteiger partial charge in [-0.15, -0.1) is 0 Å². The summed E-state index contributed by atoms with van der Waals surface area (Å²) in [4.78, 5) is 9.12. The largest absolute Gasteiger partial charge is 0.373 e. The molecule has 2 aromatic rings. The fourth-order valence-corrected chi connectivity index (χ4v) is 2.28. The van der Waals surface area contributed by atoms with Crippen molar-refractivity contribution in [3.8, 4) is 11.3 Å². The highest BCUT2D eigenvalue weighted by molar-refractivity contribution is 9.10. The highest BCUT2D eigenvalue weighted by Crippen LogP contribution is 2.27. The fourth-order valence-electron chi connectivity index (χ4n) is 1.88. The van der Waals surface area contributed by atoms with Gasteiger partial charge in [-0.25, -0.2) is 9.97 Å². The molecular weight excluding hydrogens is 290 g/mol. The third-order valence-corrected chi connectivity index (χ3v) is 3.34. The lowest BCUT2D eigenvalue weighted by atomic mass is 10.1. The normalized spacial score (nSPS) is 10.4. The molecule has 4 heteroatoms. The monoisotopic (exact) mass is 305 g/mol. The van der Waals surface area contributed by atoms with Crippen LogP contribution in [0.2, 0.25) is 0 Å². The van der Waals surface area contributed by atoms with Crippen LogP contribution in [0.5, 0.6) is 0 Å². The third kappa shape index (κ3) is 2.53. The summed E-state index contributed by atoms with van der Waals surface area (Å²) in [5.74, 6) is 1.76. The van der Waals surface area contributed by atoms with E-state index in [0.29, 0.717) is 0 Å². The average molecular weight is 306 g/mol. The molecule has 3 nitrogen and oxygen atoms in total. The highest BCUT2D eigenvalue weighted by Gasteiger charge is 2.11. The van der Waals surface area contributed by atoms with Crippen LogP contribution in [0.25, 0.3) is 11.3 Å². The quantitative estimate of drug-likeness (QED) is 0.937. The topological polar surface area (TPSA) is 37.8 Å². The van der Waals surface area contributed by atoms with Crippen molar-refractivity contribution in [2.45, 2.75) is 20.3 Å². The maximum absolute atomic E-state index is 4.64. The molecule has 0 fully saturated rings. The molecule has 0 aliphatic heterocycles. The Kier molecular flexibility index (Phi) is 3.97. The van der Waals surface area contributed by atoms with Crippen LogP contribution in [-0.4, -0.2) is 17.0 Å². The van der Waals surface area contributed by atoms with Gasteiger partial charge in [0.1, 0.15) is 11.6 Å². The van der Waals surface area contributed by atoms with Crippen molar-refractivity contribution >= 4 is 21.7 Å². The van der Waals surface area contributed by atoms with E-state index in [-0.39, 0.29) is 0 Å². The van der Waals surface area contributed by atoms with Crippen LogP contribution in [-0.2, 0) is 6.42 Å². The number of benzene rings is 1. The first-order chi connectivity index (χ1) is 8.65. The summed E-state index contributed by atoms with van der Waals surface area (Å²) >= 11 is 3.50. The molecule has 0 bridgehead atoms. The Balaban J connectivity index is 2.62. The van der Waals surface area contributed by atoms with Crippen molar-refractivity contribution in [1.82, 2.24) is 9.97 Å². The van der Waals surface area contributed by atoms with Crippen LogP contribution >= 0.6 is 15.9 Å². The van der Waals surface area contributed by atoms with E-state index >= 15 is 0 Å². The number of nitrogens with zero attached hydrogens (tertiary/aromatic N) is 2. The summed E-state index contributed by atoms with van der Waals surface area (Å²) in [6.07, 6.45) is 0.829. The number of aryl methyl sites for hydroxylation is 1. The van der Waals surface area contributed by atoms with Gasteiger partial charge in [0, 0.05) is 29.1 Å². The second kappa shape index (κ2) is 5.48. The molecule has 1 aromatic heterocycles. The standard InChI is InChI=1S/C14H16BrN3/c1-4-12-17-13(9(2)14(16-3)18-12)10-6-5-7-11(15)8-10/h5-8H,4H2,1-3H3,(H,16,17,18). The van der Waals surface area contributed by atoms with E-state index in [0.717, 1.165) is 39.4 Å². The Morgan fingerprint density at radius 2 is 2.06 bits per heavy atom. The molecular formula is C14H16BrN3. The lowest BCUT2D eigenvalue weighted by Crippen LogP contribution is -2.04. The second-order valence-electron chi connectivity index (χ2n) is 4.08. The molecule has 2 rings (SSSR count). The fraction of sp³-hybridized carbons (Fsp3) is 0.286. The molecule has 0 atom stereocenters. The van der Waals surface area contributed by atoms with E-state index in [9.17, 15) is 0 Å². The van der Waals surface area contributed by atoms with Gasteiger partial charge in [0.25, 0.3) is 0 Å². The van der Waals surface area contributed by atoms with E-state index < -0.39 is 0 Å². The van der Waals surface area contributed by atoms with E-state index in [1.54, 1.807) is 0 Å². The molecule has 0 unspecified atom stereocenters. The lowest BCUT2D eigenvalue weighted by Gasteiger charge is -2.12. The lowest BCUT2D eigenvalue weighted by molar-refractivity contribution is 0.936. The molecule has 0 amide bonds. The number of anilines is 1. The van der Waals surface area contributed by atoms with Crippen molar-refractivity contribution in [3.63, 3.8) is 0 Å². The minimum absolute atomic E-state index is 0.829. The smallest absolute Gasteiger partial charge is 0.132 e. The molecule has 0 saturated carbocycles. The third-order valence-electron chi connectivity index (χ3n) is 2.84. The van der Waals surface area contributed by atoms with Crippen molar-refractivity contribution in [2.75, 3.05) is 12.4 Å². The van der Waals surface area contributed by atoms with Crippen molar-refractivity contribution < 1.29 is 0 Å². The summed E-state index contributed by atoms with van der Waals surface area (Å²) in [5.41, 5.74) is 3.18. The van der Waals surface area contributed by atoms with Crippen molar-refractivity contribution in [3.05, 3.63) is 40.1 Å². The van der Waals surface area contributed by atoms with Gasteiger partial charge in [-0.3, -0.25) is 0 Å². The van der Waals surface area contributed by atoms with E-state index in [2.05, 4.69) is 50.3 Å². The summed E-state index contributed by atoms with van der Waals surface area (Å²) < 4.78 is 1.06. The number of hydrogen-bond acceptors (Lipinski definition) is 3. The molecule has 1 aromatic carbocycles. The summed E-state index contributed by atoms with van der Waals surface area (Å²) in [7, 11) is 1.89. The van der Waals surface area contributed by atoms with Crippen LogP contribution in [0.4, 0.5) is 5.82 Å². The van der Waals surface area contributed by atoms with Crippen molar-refractivity contribution in [1.29, 1.82) is 0 Å². The first-order valence-electron chi connectivity index (χ1n) is 5.97. The minimum atomic E-state index is 0.829. The van der Waals surface area contributed by atoms with Crippen molar-refractivity contribution in [2.24, 2.45) is 0 Å². The number of hydrogen-bond donors (Lipinski definition) is 1. The second-order valence-corrected chi connectivity index (χ2v) is 4.99. The van der Waals surface area contributed by atoms with Crippen LogP contribution in [0.1, 0.15) is 18.3 Å². The summed E-state index contributed by atoms with van der Waals surface area (Å²) in [5, 5.41) is 3.13. The Morgan fingerprint density at radius 1 is 1.28 bits per heavy atom. The highest BCUT2D eigenvalue weighted by atomic mass is 79.9. The molecule has 1 heterocycles. The van der Waals surface area contributed by atoms with E-state index in [1.807, 2.05) is 26.1 Å². The SMILES string of the molecule is CCc1nc(NC)c(C)c(-c2cccc(Br)c2)n1. The zero-order valence-electron chi connectivity index (χ0n) is 10.8. The molecule has 0 saturated heterocycles. The molecule has 94 valence electrons. The molecule has 0 aliphatic rings. The molecule has 0 radical (unpaired) electrons. The maximum atomic E-state index is 4.64. The van der Waals surface area contributed by atoms with Crippen LogP contribution in [0.3, 0.4) is 0 Å². The maximum Gasteiger partial charge on any atom is 0.132 e. The van der Waals surface area contributed by atoms with Crippen LogP contribution < -0.4 is 5.32 Å². The van der Waals surface area contributed by atoms with Gasteiger partial charge in [0.15, 0.2) is 0 Å². The van der Waals surface area contributed by atoms with Gasteiger partial charge in [-0.2, -0.15) is 0 Å².